The van der Waals surface area contributed by atoms with Crippen LogP contribution in [0.3, 0.4) is 0 Å². The van der Waals surface area contributed by atoms with E-state index >= 15 is 0 Å². The number of hydrogen-bond acceptors (Lipinski definition) is 2. The van der Waals surface area contributed by atoms with Gasteiger partial charge >= 0.3 is 0 Å². The summed E-state index contributed by atoms with van der Waals surface area (Å²) >= 11 is 0. The van der Waals surface area contributed by atoms with Crippen LogP contribution in [-0.4, -0.2) is 17.3 Å². The van der Waals surface area contributed by atoms with Crippen LogP contribution in [0.1, 0.15) is 69.1 Å². The summed E-state index contributed by atoms with van der Waals surface area (Å²) in [7, 11) is 0. The number of aliphatic hydroxyl groups is 1. The summed E-state index contributed by atoms with van der Waals surface area (Å²) in [5.41, 5.74) is 10.8. The second kappa shape index (κ2) is 7.94. The number of hydrogen-bond donors (Lipinski definition) is 2. The molecule has 0 heterocycles. The zero-order valence-corrected chi connectivity index (χ0v) is 14.2. The van der Waals surface area contributed by atoms with Crippen LogP contribution >= 0.6 is 0 Å². The van der Waals surface area contributed by atoms with Crippen molar-refractivity contribution < 1.29 is 5.11 Å². The average Bonchev–Trinajstić information content (AvgIpc) is 2.95. The monoisotopic (exact) mass is 301 g/mol. The van der Waals surface area contributed by atoms with Crippen LogP contribution in [-0.2, 0) is 12.8 Å². The molecule has 0 aliphatic heterocycles. The van der Waals surface area contributed by atoms with E-state index in [1.807, 2.05) is 6.92 Å². The van der Waals surface area contributed by atoms with Crippen molar-refractivity contribution in [1.82, 2.24) is 0 Å². The summed E-state index contributed by atoms with van der Waals surface area (Å²) in [6.45, 7) is 4.16. The summed E-state index contributed by atoms with van der Waals surface area (Å²) in [5, 5.41) is 9.43. The molecule has 0 spiro atoms. The Kier molecular flexibility index (Phi) is 6.22. The maximum atomic E-state index is 9.43. The van der Waals surface area contributed by atoms with E-state index in [2.05, 4.69) is 31.2 Å². The Morgan fingerprint density at radius 1 is 1.14 bits per heavy atom. The molecule has 0 amide bonds. The predicted molar refractivity (Wildman–Crippen MR) is 94.9 cm³/mol. The van der Waals surface area contributed by atoms with E-state index in [1.165, 1.54) is 61.6 Å². The van der Waals surface area contributed by atoms with Crippen molar-refractivity contribution in [3.63, 3.8) is 0 Å². The molecule has 0 bridgehead atoms. The van der Waals surface area contributed by atoms with Crippen molar-refractivity contribution in [2.24, 2.45) is 5.73 Å². The lowest BCUT2D eigenvalue weighted by Gasteiger charge is -2.23. The Balaban J connectivity index is 1.89. The van der Waals surface area contributed by atoms with E-state index in [9.17, 15) is 5.11 Å². The third kappa shape index (κ3) is 4.44. The first kappa shape index (κ1) is 17.2. The molecule has 0 saturated carbocycles. The van der Waals surface area contributed by atoms with Gasteiger partial charge in [0.25, 0.3) is 0 Å². The molecule has 1 atom stereocenters. The van der Waals surface area contributed by atoms with Gasteiger partial charge in [0.1, 0.15) is 0 Å². The second-order valence-corrected chi connectivity index (χ2v) is 6.97. The highest BCUT2D eigenvalue weighted by molar-refractivity contribution is 5.66. The van der Waals surface area contributed by atoms with Gasteiger partial charge in [-0.1, -0.05) is 63.3 Å². The molecule has 2 heteroatoms. The lowest BCUT2D eigenvalue weighted by molar-refractivity contribution is 0.230. The largest absolute Gasteiger partial charge is 0.394 e. The fraction of sp³-hybridized carbons (Fsp3) is 0.600. The van der Waals surface area contributed by atoms with Crippen molar-refractivity contribution in [3.8, 4) is 0 Å². The number of fused-ring (bicyclic) bond motifs is 1. The van der Waals surface area contributed by atoms with E-state index in [4.69, 9.17) is 5.73 Å². The van der Waals surface area contributed by atoms with Gasteiger partial charge in [-0.3, -0.25) is 0 Å². The van der Waals surface area contributed by atoms with E-state index in [0.717, 1.165) is 12.0 Å². The van der Waals surface area contributed by atoms with Crippen LogP contribution in [0.4, 0.5) is 0 Å². The molecule has 1 aromatic carbocycles. The minimum atomic E-state index is -0.599. The molecule has 22 heavy (non-hydrogen) atoms. The fourth-order valence-corrected chi connectivity index (χ4v) is 3.12. The highest BCUT2D eigenvalue weighted by Gasteiger charge is 2.27. The summed E-state index contributed by atoms with van der Waals surface area (Å²) in [4.78, 5) is 0. The van der Waals surface area contributed by atoms with Gasteiger partial charge in [-0.05, 0) is 48.4 Å². The maximum Gasteiger partial charge on any atom is 0.0647 e. The number of rotatable bonds is 9. The van der Waals surface area contributed by atoms with Gasteiger partial charge in [0.05, 0.1) is 12.1 Å². The first-order chi connectivity index (χ1) is 10.6. The molecule has 1 aliphatic carbocycles. The Morgan fingerprint density at radius 2 is 1.86 bits per heavy atom. The van der Waals surface area contributed by atoms with Crippen LogP contribution < -0.4 is 5.73 Å². The molecular weight excluding hydrogens is 270 g/mol. The van der Waals surface area contributed by atoms with Gasteiger partial charge in [-0.2, -0.15) is 0 Å². The minimum absolute atomic E-state index is 0.00254. The highest BCUT2D eigenvalue weighted by Crippen LogP contribution is 2.31. The first-order valence-corrected chi connectivity index (χ1v) is 8.79. The predicted octanol–water partition coefficient (Wildman–Crippen LogP) is 4.24. The lowest BCUT2D eigenvalue weighted by Crippen LogP contribution is -2.42. The second-order valence-electron chi connectivity index (χ2n) is 6.97. The van der Waals surface area contributed by atoms with Gasteiger partial charge in [-0.25, -0.2) is 0 Å². The minimum Gasteiger partial charge on any atom is -0.394 e. The lowest BCUT2D eigenvalue weighted by atomic mass is 9.92. The number of benzene rings is 1. The number of unbranched alkanes of at least 4 members (excludes halogenated alkanes) is 5. The van der Waals surface area contributed by atoms with Crippen molar-refractivity contribution in [1.29, 1.82) is 0 Å². The molecule has 2 nitrogen and oxygen atoms in total. The van der Waals surface area contributed by atoms with Crippen molar-refractivity contribution in [2.75, 3.05) is 6.61 Å². The van der Waals surface area contributed by atoms with Crippen LogP contribution in [0.2, 0.25) is 0 Å². The fourth-order valence-electron chi connectivity index (χ4n) is 3.12. The summed E-state index contributed by atoms with van der Waals surface area (Å²) in [5.74, 6) is 0. The molecule has 0 aromatic heterocycles. The first-order valence-electron chi connectivity index (χ1n) is 8.79. The zero-order chi connectivity index (χ0) is 16.0. The Labute approximate surface area is 135 Å². The normalized spacial score (nSPS) is 16.3. The third-order valence-corrected chi connectivity index (χ3v) is 4.80. The molecule has 3 N–H and O–H groups in total. The van der Waals surface area contributed by atoms with E-state index in [-0.39, 0.29) is 6.61 Å². The summed E-state index contributed by atoms with van der Waals surface area (Å²) in [6.07, 6.45) is 12.3. The van der Waals surface area contributed by atoms with Gasteiger partial charge < -0.3 is 10.8 Å². The molecule has 2 rings (SSSR count). The molecule has 0 fully saturated rings. The van der Waals surface area contributed by atoms with Gasteiger partial charge in [-0.15, -0.1) is 0 Å². The molecular formula is C20H31NO. The molecule has 0 unspecified atom stereocenters. The quantitative estimate of drug-likeness (QED) is 0.670. The standard InChI is InChI=1S/C20H31NO/c1-3-4-5-6-7-8-9-16-10-11-17-13-19(14-18(17)12-16)20(2,21)15-22/h10-12,14,22H,3-9,13,15,21H2,1-2H3/t20-/m1/s1. The Bertz CT molecular complexity index is 516. The molecule has 1 aliphatic rings. The number of aryl methyl sites for hydroxylation is 1. The number of aliphatic hydroxyl groups excluding tert-OH is 1. The van der Waals surface area contributed by atoms with E-state index in [0.29, 0.717) is 0 Å². The molecule has 122 valence electrons. The Morgan fingerprint density at radius 3 is 2.59 bits per heavy atom. The molecule has 0 radical (unpaired) electrons. The van der Waals surface area contributed by atoms with Gasteiger partial charge in [0.15, 0.2) is 0 Å². The zero-order valence-electron chi connectivity index (χ0n) is 14.2. The smallest absolute Gasteiger partial charge is 0.0647 e. The van der Waals surface area contributed by atoms with Crippen LogP contribution in [0, 0.1) is 0 Å². The summed E-state index contributed by atoms with van der Waals surface area (Å²) < 4.78 is 0. The third-order valence-electron chi connectivity index (χ3n) is 4.80. The van der Waals surface area contributed by atoms with Gasteiger partial charge in [0.2, 0.25) is 0 Å². The van der Waals surface area contributed by atoms with E-state index < -0.39 is 5.54 Å². The number of nitrogens with two attached hydrogens (primary N) is 1. The summed E-state index contributed by atoms with van der Waals surface area (Å²) in [6, 6.07) is 6.80. The SMILES string of the molecule is CCCCCCCCc1ccc2c(c1)C=C([C@](C)(N)CO)C2. The Hall–Kier alpha value is -1.12. The van der Waals surface area contributed by atoms with Crippen LogP contribution in [0.15, 0.2) is 23.8 Å². The van der Waals surface area contributed by atoms with Crippen molar-refractivity contribution >= 4 is 6.08 Å². The average molecular weight is 301 g/mol. The van der Waals surface area contributed by atoms with E-state index in [1.54, 1.807) is 0 Å². The van der Waals surface area contributed by atoms with Crippen LogP contribution in [0.5, 0.6) is 0 Å². The van der Waals surface area contributed by atoms with Gasteiger partial charge in [0, 0.05) is 0 Å². The molecule has 1 aromatic rings. The van der Waals surface area contributed by atoms with Crippen molar-refractivity contribution in [3.05, 3.63) is 40.5 Å². The van der Waals surface area contributed by atoms with Crippen LogP contribution in [0.25, 0.3) is 6.08 Å². The topological polar surface area (TPSA) is 46.2 Å². The molecule has 0 saturated heterocycles. The van der Waals surface area contributed by atoms with Crippen molar-refractivity contribution in [2.45, 2.75) is 70.8 Å². The maximum absolute atomic E-state index is 9.43. The highest BCUT2D eigenvalue weighted by atomic mass is 16.3.